The van der Waals surface area contributed by atoms with E-state index in [4.69, 9.17) is 0 Å². The fourth-order valence-electron chi connectivity index (χ4n) is 2.31. The number of aryl methyl sites for hydroxylation is 3. The Hall–Kier alpha value is -1.20. The molecule has 0 bridgehead atoms. The van der Waals surface area contributed by atoms with Crippen LogP contribution in [0, 0.1) is 13.8 Å². The lowest BCUT2D eigenvalue weighted by atomic mass is 10.0. The predicted molar refractivity (Wildman–Crippen MR) is 82.6 cm³/mol. The van der Waals surface area contributed by atoms with E-state index in [0.29, 0.717) is 6.42 Å². The van der Waals surface area contributed by atoms with E-state index >= 15 is 0 Å². The molecular formula is C15H20BrN3O. The number of halogens is 1. The van der Waals surface area contributed by atoms with Crippen molar-refractivity contribution in [3.05, 3.63) is 45.4 Å². The Bertz CT molecular complexity index is 572. The Labute approximate surface area is 128 Å². The number of hydrogen-bond acceptors (Lipinski definition) is 3. The summed E-state index contributed by atoms with van der Waals surface area (Å²) in [7, 11) is 0. The summed E-state index contributed by atoms with van der Waals surface area (Å²) >= 11 is 3.55. The molecule has 0 aliphatic carbocycles. The predicted octanol–water partition coefficient (Wildman–Crippen LogP) is 3.34. The summed E-state index contributed by atoms with van der Waals surface area (Å²) in [5, 5.41) is 14.6. The molecule has 0 aliphatic heterocycles. The second-order valence-electron chi connectivity index (χ2n) is 5.09. The van der Waals surface area contributed by atoms with Crippen LogP contribution in [0.4, 0.5) is 0 Å². The molecule has 4 nitrogen and oxygen atoms in total. The van der Waals surface area contributed by atoms with Crippen molar-refractivity contribution in [3.63, 3.8) is 0 Å². The lowest BCUT2D eigenvalue weighted by molar-refractivity contribution is 0.173. The zero-order chi connectivity index (χ0) is 14.7. The van der Waals surface area contributed by atoms with Crippen LogP contribution in [0.3, 0.4) is 0 Å². The highest BCUT2D eigenvalue weighted by Crippen LogP contribution is 2.26. The largest absolute Gasteiger partial charge is 0.388 e. The quantitative estimate of drug-likeness (QED) is 0.910. The smallest absolute Gasteiger partial charge is 0.138 e. The Balaban J connectivity index is 2.19. The molecule has 0 amide bonds. The van der Waals surface area contributed by atoms with Crippen molar-refractivity contribution in [1.29, 1.82) is 0 Å². The maximum Gasteiger partial charge on any atom is 0.138 e. The van der Waals surface area contributed by atoms with Gasteiger partial charge in [-0.15, -0.1) is 0 Å². The van der Waals surface area contributed by atoms with Gasteiger partial charge in [0, 0.05) is 17.4 Å². The van der Waals surface area contributed by atoms with Gasteiger partial charge in [-0.3, -0.25) is 4.68 Å². The Kier molecular flexibility index (Phi) is 4.94. The summed E-state index contributed by atoms with van der Waals surface area (Å²) < 4.78 is 2.96. The summed E-state index contributed by atoms with van der Waals surface area (Å²) in [6.45, 7) is 7.00. The van der Waals surface area contributed by atoms with Crippen LogP contribution in [-0.4, -0.2) is 19.9 Å². The van der Waals surface area contributed by atoms with Crippen molar-refractivity contribution in [2.45, 2.75) is 46.3 Å². The van der Waals surface area contributed by atoms with Crippen LogP contribution in [-0.2, 0) is 13.0 Å². The van der Waals surface area contributed by atoms with Gasteiger partial charge in [0.25, 0.3) is 0 Å². The van der Waals surface area contributed by atoms with Crippen molar-refractivity contribution < 1.29 is 5.11 Å². The molecule has 1 aromatic heterocycles. The normalized spacial score (nSPS) is 12.7. The van der Waals surface area contributed by atoms with Gasteiger partial charge in [-0.2, -0.15) is 5.10 Å². The maximum atomic E-state index is 10.4. The van der Waals surface area contributed by atoms with E-state index in [2.05, 4.69) is 32.9 Å². The minimum Gasteiger partial charge on any atom is -0.388 e. The van der Waals surface area contributed by atoms with E-state index in [9.17, 15) is 5.11 Å². The third kappa shape index (κ3) is 3.27. The first-order valence-corrected chi connectivity index (χ1v) is 7.63. The van der Waals surface area contributed by atoms with Gasteiger partial charge in [-0.25, -0.2) is 4.98 Å². The molecule has 1 unspecified atom stereocenters. The van der Waals surface area contributed by atoms with Crippen LogP contribution in [0.2, 0.25) is 0 Å². The number of aromatic nitrogens is 3. The molecule has 1 N–H and O–H groups in total. The van der Waals surface area contributed by atoms with Crippen molar-refractivity contribution >= 4 is 15.9 Å². The topological polar surface area (TPSA) is 50.9 Å². The van der Waals surface area contributed by atoms with Crippen LogP contribution >= 0.6 is 15.9 Å². The zero-order valence-corrected chi connectivity index (χ0v) is 13.7. The molecule has 0 spiro atoms. The van der Waals surface area contributed by atoms with E-state index < -0.39 is 6.10 Å². The van der Waals surface area contributed by atoms with E-state index in [-0.39, 0.29) is 0 Å². The second kappa shape index (κ2) is 6.50. The van der Waals surface area contributed by atoms with Crippen molar-refractivity contribution in [3.8, 4) is 0 Å². The van der Waals surface area contributed by atoms with E-state index in [1.807, 2.05) is 30.7 Å². The Morgan fingerprint density at radius 2 is 1.95 bits per heavy atom. The first-order valence-electron chi connectivity index (χ1n) is 6.84. The van der Waals surface area contributed by atoms with Crippen LogP contribution < -0.4 is 0 Å². The number of nitrogens with zero attached hydrogens (tertiary/aromatic N) is 3. The number of benzene rings is 1. The molecule has 2 aromatic rings. The average molecular weight is 338 g/mol. The summed E-state index contributed by atoms with van der Waals surface area (Å²) in [5.74, 6) is 0.831. The fourth-order valence-corrected chi connectivity index (χ4v) is 2.54. The van der Waals surface area contributed by atoms with Crippen LogP contribution in [0.15, 0.2) is 22.9 Å². The fraction of sp³-hybridized carbons (Fsp3) is 0.467. The number of aliphatic hydroxyl groups excluding tert-OH is 1. The molecule has 0 fully saturated rings. The van der Waals surface area contributed by atoms with Gasteiger partial charge >= 0.3 is 0 Å². The lowest BCUT2D eigenvalue weighted by Gasteiger charge is -2.14. The van der Waals surface area contributed by atoms with Gasteiger partial charge in [-0.05, 0) is 37.0 Å². The Morgan fingerprint density at radius 1 is 1.30 bits per heavy atom. The lowest BCUT2D eigenvalue weighted by Crippen LogP contribution is -2.10. The number of aliphatic hydroxyl groups is 1. The third-order valence-corrected chi connectivity index (χ3v) is 4.60. The monoisotopic (exact) mass is 337 g/mol. The minimum atomic E-state index is -0.555. The van der Waals surface area contributed by atoms with Crippen LogP contribution in [0.25, 0.3) is 0 Å². The van der Waals surface area contributed by atoms with E-state index in [1.165, 1.54) is 0 Å². The highest BCUT2D eigenvalue weighted by molar-refractivity contribution is 9.10. The molecule has 0 radical (unpaired) electrons. The number of hydrogen-bond donors (Lipinski definition) is 1. The minimum absolute atomic E-state index is 0.487. The third-order valence-electron chi connectivity index (χ3n) is 3.35. The van der Waals surface area contributed by atoms with Gasteiger partial charge in [0.15, 0.2) is 0 Å². The average Bonchev–Trinajstić information content (AvgIpc) is 2.83. The molecule has 1 aromatic carbocycles. The Morgan fingerprint density at radius 3 is 2.55 bits per heavy atom. The standard InChI is InChI=1S/C15H20BrN3O/c1-4-5-19-14(17-9-18-19)8-13(20)12-6-10(2)15(16)11(3)7-12/h6-7,9,13,20H,4-5,8H2,1-3H3. The molecule has 1 atom stereocenters. The molecule has 0 saturated heterocycles. The molecule has 0 aliphatic rings. The van der Waals surface area contributed by atoms with Gasteiger partial charge in [-0.1, -0.05) is 35.0 Å². The van der Waals surface area contributed by atoms with Crippen LogP contribution in [0.5, 0.6) is 0 Å². The SMILES string of the molecule is CCCn1ncnc1CC(O)c1cc(C)c(Br)c(C)c1. The van der Waals surface area contributed by atoms with Crippen molar-refractivity contribution in [2.24, 2.45) is 0 Å². The van der Waals surface area contributed by atoms with Gasteiger partial charge < -0.3 is 5.11 Å². The second-order valence-corrected chi connectivity index (χ2v) is 5.88. The van der Waals surface area contributed by atoms with Gasteiger partial charge in [0.1, 0.15) is 12.2 Å². The first kappa shape index (κ1) is 15.2. The van der Waals surface area contributed by atoms with Crippen LogP contribution in [0.1, 0.15) is 42.0 Å². The first-order chi connectivity index (χ1) is 9.52. The highest BCUT2D eigenvalue weighted by Gasteiger charge is 2.15. The summed E-state index contributed by atoms with van der Waals surface area (Å²) in [5.41, 5.74) is 3.19. The van der Waals surface area contributed by atoms with E-state index in [0.717, 1.165) is 40.0 Å². The number of rotatable bonds is 5. The molecule has 2 rings (SSSR count). The maximum absolute atomic E-state index is 10.4. The van der Waals surface area contributed by atoms with Gasteiger partial charge in [0.05, 0.1) is 6.10 Å². The van der Waals surface area contributed by atoms with E-state index in [1.54, 1.807) is 6.33 Å². The van der Waals surface area contributed by atoms with Gasteiger partial charge in [0.2, 0.25) is 0 Å². The molecule has 108 valence electrons. The molecule has 1 heterocycles. The zero-order valence-electron chi connectivity index (χ0n) is 12.1. The van der Waals surface area contributed by atoms with Crippen molar-refractivity contribution in [2.75, 3.05) is 0 Å². The molecular weight excluding hydrogens is 318 g/mol. The van der Waals surface area contributed by atoms with Crippen molar-refractivity contribution in [1.82, 2.24) is 14.8 Å². The molecule has 5 heteroatoms. The molecule has 20 heavy (non-hydrogen) atoms. The highest BCUT2D eigenvalue weighted by atomic mass is 79.9. The summed E-state index contributed by atoms with van der Waals surface area (Å²) in [4.78, 5) is 4.25. The molecule has 0 saturated carbocycles. The summed E-state index contributed by atoms with van der Waals surface area (Å²) in [6, 6.07) is 4.03. The summed E-state index contributed by atoms with van der Waals surface area (Å²) in [6.07, 6.45) is 2.49.